The van der Waals surface area contributed by atoms with Crippen molar-refractivity contribution >= 4 is 11.8 Å². The molecule has 1 atom stereocenters. The van der Waals surface area contributed by atoms with Crippen molar-refractivity contribution in [2.75, 3.05) is 32.8 Å². The lowest BCUT2D eigenvalue weighted by atomic mass is 9.77. The van der Waals surface area contributed by atoms with E-state index in [0.717, 1.165) is 25.3 Å². The number of rotatable bonds is 6. The van der Waals surface area contributed by atoms with Crippen LogP contribution in [0.2, 0.25) is 0 Å². The van der Waals surface area contributed by atoms with Crippen LogP contribution in [0.15, 0.2) is 48.5 Å². The zero-order valence-electron chi connectivity index (χ0n) is 20.0. The summed E-state index contributed by atoms with van der Waals surface area (Å²) < 4.78 is 60.0. The van der Waals surface area contributed by atoms with Crippen LogP contribution in [0.3, 0.4) is 0 Å². The van der Waals surface area contributed by atoms with Gasteiger partial charge in [-0.15, -0.1) is 0 Å². The van der Waals surface area contributed by atoms with Crippen molar-refractivity contribution in [3.63, 3.8) is 0 Å². The minimum atomic E-state index is -4.66. The molecule has 0 aliphatic carbocycles. The summed E-state index contributed by atoms with van der Waals surface area (Å²) in [6.07, 6.45) is -0.483. The van der Waals surface area contributed by atoms with Crippen molar-refractivity contribution in [3.8, 4) is 5.75 Å². The van der Waals surface area contributed by atoms with Gasteiger partial charge in [0.25, 0.3) is 5.91 Å². The van der Waals surface area contributed by atoms with Gasteiger partial charge in [0.2, 0.25) is 5.91 Å². The highest BCUT2D eigenvalue weighted by molar-refractivity contribution is 5.96. The van der Waals surface area contributed by atoms with Gasteiger partial charge in [-0.25, -0.2) is 4.39 Å². The number of piperidine rings is 2. The first-order chi connectivity index (χ1) is 17.2. The lowest BCUT2D eigenvalue weighted by molar-refractivity contribution is -0.138. The molecule has 2 heterocycles. The van der Waals surface area contributed by atoms with E-state index in [0.29, 0.717) is 38.2 Å². The molecule has 0 saturated carbocycles. The zero-order chi connectivity index (χ0) is 25.8. The standard InChI is InChI=1S/C27H30F4N2O3/c28-20-9-11-21(12-10-20)36-19-26(17-24(34)32-14-4-1-5-15-32)13-6-16-33(18-26)25(35)22-7-2-3-8-23(22)27(29,30)31/h2-3,7-12H,1,4-6,13-19H2. The molecule has 2 amide bonds. The Labute approximate surface area is 208 Å². The largest absolute Gasteiger partial charge is 0.493 e. The van der Waals surface area contributed by atoms with Crippen LogP contribution in [0.25, 0.3) is 0 Å². The van der Waals surface area contributed by atoms with Crippen molar-refractivity contribution in [1.82, 2.24) is 9.80 Å². The third kappa shape index (κ3) is 6.17. The van der Waals surface area contributed by atoms with Gasteiger partial charge in [-0.05, 0) is 68.5 Å². The Bertz CT molecular complexity index is 1070. The van der Waals surface area contributed by atoms with E-state index in [1.807, 2.05) is 4.90 Å². The Morgan fingerprint density at radius 3 is 2.25 bits per heavy atom. The van der Waals surface area contributed by atoms with Crippen molar-refractivity contribution in [2.45, 2.75) is 44.7 Å². The van der Waals surface area contributed by atoms with Crippen molar-refractivity contribution in [2.24, 2.45) is 5.41 Å². The number of halogens is 4. The molecule has 0 aromatic heterocycles. The summed E-state index contributed by atoms with van der Waals surface area (Å²) in [6.45, 7) is 1.83. The Morgan fingerprint density at radius 2 is 1.56 bits per heavy atom. The van der Waals surface area contributed by atoms with Crippen molar-refractivity contribution in [3.05, 3.63) is 65.5 Å². The Balaban J connectivity index is 1.57. The highest BCUT2D eigenvalue weighted by Gasteiger charge is 2.43. The smallest absolute Gasteiger partial charge is 0.417 e. The van der Waals surface area contributed by atoms with E-state index in [2.05, 4.69) is 0 Å². The van der Waals surface area contributed by atoms with E-state index in [-0.39, 0.29) is 25.5 Å². The topological polar surface area (TPSA) is 49.9 Å². The monoisotopic (exact) mass is 506 g/mol. The van der Waals surface area contributed by atoms with E-state index >= 15 is 0 Å². The van der Waals surface area contributed by atoms with Crippen LogP contribution in [0, 0.1) is 11.2 Å². The summed E-state index contributed by atoms with van der Waals surface area (Å²) in [5.41, 5.74) is -2.15. The molecule has 2 aliphatic heterocycles. The van der Waals surface area contributed by atoms with Crippen LogP contribution in [-0.2, 0) is 11.0 Å². The number of carbonyl (C=O) groups excluding carboxylic acids is 2. The average Bonchev–Trinajstić information content (AvgIpc) is 2.88. The molecule has 2 fully saturated rings. The first-order valence-corrected chi connectivity index (χ1v) is 12.3. The van der Waals surface area contributed by atoms with E-state index in [1.54, 1.807) is 0 Å². The number of amides is 2. The van der Waals surface area contributed by atoms with Gasteiger partial charge in [0.05, 0.1) is 17.7 Å². The second-order valence-corrected chi connectivity index (χ2v) is 9.73. The fraction of sp³-hybridized carbons (Fsp3) is 0.481. The van der Waals surface area contributed by atoms with Gasteiger partial charge in [0.15, 0.2) is 0 Å². The van der Waals surface area contributed by atoms with Crippen LogP contribution in [0.5, 0.6) is 5.75 Å². The highest BCUT2D eigenvalue weighted by Crippen LogP contribution is 2.38. The average molecular weight is 507 g/mol. The third-order valence-corrected chi connectivity index (χ3v) is 7.01. The second-order valence-electron chi connectivity index (χ2n) is 9.73. The van der Waals surface area contributed by atoms with Crippen LogP contribution in [0.1, 0.15) is 54.4 Å². The number of hydrogen-bond donors (Lipinski definition) is 0. The van der Waals surface area contributed by atoms with Crippen LogP contribution in [0.4, 0.5) is 17.6 Å². The summed E-state index contributed by atoms with van der Waals surface area (Å²) >= 11 is 0. The van der Waals surface area contributed by atoms with Gasteiger partial charge in [0.1, 0.15) is 11.6 Å². The van der Waals surface area contributed by atoms with Gasteiger partial charge >= 0.3 is 6.18 Å². The zero-order valence-corrected chi connectivity index (χ0v) is 20.0. The molecule has 194 valence electrons. The van der Waals surface area contributed by atoms with Gasteiger partial charge in [-0.3, -0.25) is 9.59 Å². The Hall–Kier alpha value is -3.10. The quantitative estimate of drug-likeness (QED) is 0.483. The van der Waals surface area contributed by atoms with E-state index < -0.39 is 34.4 Å². The van der Waals surface area contributed by atoms with Crippen molar-refractivity contribution in [1.29, 1.82) is 0 Å². The highest BCUT2D eigenvalue weighted by atomic mass is 19.4. The lowest BCUT2D eigenvalue weighted by Gasteiger charge is -2.43. The first kappa shape index (κ1) is 26.0. The summed E-state index contributed by atoms with van der Waals surface area (Å²) in [4.78, 5) is 29.8. The predicted octanol–water partition coefficient (Wildman–Crippen LogP) is 5.55. The predicted molar refractivity (Wildman–Crippen MR) is 126 cm³/mol. The second kappa shape index (κ2) is 10.9. The first-order valence-electron chi connectivity index (χ1n) is 12.3. The summed E-state index contributed by atoms with van der Waals surface area (Å²) in [5.74, 6) is -0.733. The summed E-state index contributed by atoms with van der Waals surface area (Å²) in [7, 11) is 0. The summed E-state index contributed by atoms with van der Waals surface area (Å²) in [5, 5.41) is 0. The number of hydrogen-bond acceptors (Lipinski definition) is 3. The molecule has 36 heavy (non-hydrogen) atoms. The van der Waals surface area contributed by atoms with Gasteiger partial charge in [-0.2, -0.15) is 13.2 Å². The van der Waals surface area contributed by atoms with E-state index in [9.17, 15) is 27.2 Å². The molecule has 9 heteroatoms. The van der Waals surface area contributed by atoms with Crippen LogP contribution >= 0.6 is 0 Å². The van der Waals surface area contributed by atoms with Gasteiger partial charge < -0.3 is 14.5 Å². The molecule has 2 saturated heterocycles. The molecular formula is C27H30F4N2O3. The number of likely N-dealkylation sites (tertiary alicyclic amines) is 2. The number of ether oxygens (including phenoxy) is 1. The van der Waals surface area contributed by atoms with Crippen LogP contribution < -0.4 is 4.74 Å². The third-order valence-electron chi connectivity index (χ3n) is 7.01. The molecule has 2 aromatic rings. The van der Waals surface area contributed by atoms with Gasteiger partial charge in [0, 0.05) is 38.0 Å². The molecule has 0 bridgehead atoms. The van der Waals surface area contributed by atoms with Crippen LogP contribution in [-0.4, -0.2) is 54.4 Å². The number of alkyl halides is 3. The number of benzene rings is 2. The maximum atomic E-state index is 13.6. The number of nitrogens with zero attached hydrogens (tertiary/aromatic N) is 2. The summed E-state index contributed by atoms with van der Waals surface area (Å²) in [6, 6.07) is 10.3. The Morgan fingerprint density at radius 1 is 0.889 bits per heavy atom. The molecule has 2 aliphatic rings. The van der Waals surface area contributed by atoms with E-state index in [1.165, 1.54) is 47.4 Å². The normalized spacial score (nSPS) is 20.8. The molecule has 5 nitrogen and oxygen atoms in total. The molecular weight excluding hydrogens is 476 g/mol. The molecule has 1 unspecified atom stereocenters. The molecule has 0 radical (unpaired) electrons. The SMILES string of the molecule is O=C(CC1(COc2ccc(F)cc2)CCCN(C(=O)c2ccccc2C(F)(F)F)C1)N1CCCCC1. The molecule has 4 rings (SSSR count). The minimum Gasteiger partial charge on any atom is -0.493 e. The van der Waals surface area contributed by atoms with Crippen molar-refractivity contribution < 1.29 is 31.9 Å². The molecule has 2 aromatic carbocycles. The fourth-order valence-electron chi connectivity index (χ4n) is 5.12. The maximum absolute atomic E-state index is 13.6. The minimum absolute atomic E-state index is 0.0394. The van der Waals surface area contributed by atoms with Gasteiger partial charge in [-0.1, -0.05) is 12.1 Å². The fourth-order valence-corrected chi connectivity index (χ4v) is 5.12. The lowest BCUT2D eigenvalue weighted by Crippen LogP contribution is -2.51. The number of carbonyl (C=O) groups is 2. The molecule has 0 spiro atoms. The Kier molecular flexibility index (Phi) is 7.85. The maximum Gasteiger partial charge on any atom is 0.417 e. The van der Waals surface area contributed by atoms with E-state index in [4.69, 9.17) is 4.74 Å². The molecule has 0 N–H and O–H groups in total.